The summed E-state index contributed by atoms with van der Waals surface area (Å²) < 4.78 is 18.8. The number of aromatic nitrogens is 2. The summed E-state index contributed by atoms with van der Waals surface area (Å²) in [5.74, 6) is 0.760. The highest BCUT2D eigenvalue weighted by atomic mass is 16.6. The molecule has 1 amide bonds. The van der Waals surface area contributed by atoms with Gasteiger partial charge in [0.1, 0.15) is 29.1 Å². The topological polar surface area (TPSA) is 124 Å². The highest BCUT2D eigenvalue weighted by Crippen LogP contribution is 2.49. The van der Waals surface area contributed by atoms with Gasteiger partial charge in [-0.1, -0.05) is 0 Å². The van der Waals surface area contributed by atoms with E-state index in [1.165, 1.54) is 4.57 Å². The van der Waals surface area contributed by atoms with E-state index in [0.29, 0.717) is 46.6 Å². The molecule has 1 atom stereocenters. The average molecular weight is 575 g/mol. The third-order valence-electron chi connectivity index (χ3n) is 7.14. The second kappa shape index (κ2) is 10.8. The molecule has 0 spiro atoms. The van der Waals surface area contributed by atoms with Crippen LogP contribution in [0.4, 0.5) is 15.3 Å². The van der Waals surface area contributed by atoms with E-state index in [1.807, 2.05) is 40.7 Å². The first kappa shape index (κ1) is 30.6. The molecule has 0 fully saturated rings. The molecule has 0 N–H and O–H groups in total. The van der Waals surface area contributed by atoms with E-state index in [4.69, 9.17) is 19.2 Å². The van der Waals surface area contributed by atoms with Gasteiger partial charge in [-0.2, -0.15) is 5.26 Å². The van der Waals surface area contributed by atoms with Crippen molar-refractivity contribution >= 4 is 35.2 Å². The molecule has 42 heavy (non-hydrogen) atoms. The number of hydrogen-bond acceptors (Lipinski definition) is 8. The molecule has 1 aliphatic rings. The van der Waals surface area contributed by atoms with Gasteiger partial charge in [-0.3, -0.25) is 4.90 Å². The third kappa shape index (κ3) is 5.56. The first-order valence-electron chi connectivity index (χ1n) is 13.9. The summed E-state index contributed by atoms with van der Waals surface area (Å²) in [7, 11) is 1.54. The SMILES string of the molecule is COc1cc(C)c2c(c1C(C)(CC=O)c1nc3cc(C#N)ccc3n1C(=O)OC(C)(C)C)CCN2C(=O)OC(C)(C)C. The number of aldehydes is 1. The van der Waals surface area contributed by atoms with Gasteiger partial charge in [0.05, 0.1) is 40.9 Å². The fourth-order valence-electron chi connectivity index (χ4n) is 5.55. The van der Waals surface area contributed by atoms with Gasteiger partial charge >= 0.3 is 12.2 Å². The minimum absolute atomic E-state index is 0.0531. The Labute approximate surface area is 246 Å². The molecule has 0 saturated heterocycles. The van der Waals surface area contributed by atoms with E-state index in [-0.39, 0.29) is 12.2 Å². The third-order valence-corrected chi connectivity index (χ3v) is 7.14. The summed E-state index contributed by atoms with van der Waals surface area (Å²) in [5.41, 5.74) is 1.47. The van der Waals surface area contributed by atoms with E-state index in [1.54, 1.807) is 51.0 Å². The molecule has 222 valence electrons. The first-order chi connectivity index (χ1) is 19.5. The predicted molar refractivity (Wildman–Crippen MR) is 158 cm³/mol. The van der Waals surface area contributed by atoms with Crippen LogP contribution in [0, 0.1) is 18.3 Å². The normalized spacial score (nSPS) is 14.6. The molecule has 10 heteroatoms. The maximum absolute atomic E-state index is 13.8. The van der Waals surface area contributed by atoms with Crippen molar-refractivity contribution in [3.8, 4) is 11.8 Å². The summed E-state index contributed by atoms with van der Waals surface area (Å²) in [6.07, 6.45) is 0.0677. The fourth-order valence-corrected chi connectivity index (χ4v) is 5.55. The van der Waals surface area contributed by atoms with Crippen molar-refractivity contribution in [1.29, 1.82) is 5.26 Å². The monoisotopic (exact) mass is 574 g/mol. The fraction of sp³-hybridized carbons (Fsp3) is 0.469. The molecule has 1 unspecified atom stereocenters. The molecular formula is C32H38N4O6. The van der Waals surface area contributed by atoms with Crippen LogP contribution in [-0.4, -0.2) is 52.9 Å². The zero-order valence-electron chi connectivity index (χ0n) is 25.7. The number of nitrogens with zero attached hydrogens (tertiary/aromatic N) is 4. The summed E-state index contributed by atoms with van der Waals surface area (Å²) >= 11 is 0. The number of imidazole rings is 1. The van der Waals surface area contributed by atoms with E-state index < -0.39 is 28.8 Å². The van der Waals surface area contributed by atoms with Gasteiger partial charge < -0.3 is 19.0 Å². The number of hydrogen-bond donors (Lipinski definition) is 0. The van der Waals surface area contributed by atoms with Crippen LogP contribution in [0.15, 0.2) is 24.3 Å². The molecule has 1 aromatic heterocycles. The zero-order valence-corrected chi connectivity index (χ0v) is 25.7. The molecule has 4 rings (SSSR count). The van der Waals surface area contributed by atoms with Gasteiger partial charge in [0.15, 0.2) is 0 Å². The highest BCUT2D eigenvalue weighted by molar-refractivity contribution is 5.93. The van der Waals surface area contributed by atoms with Crippen LogP contribution in [0.1, 0.15) is 83.0 Å². The lowest BCUT2D eigenvalue weighted by atomic mass is 9.75. The lowest BCUT2D eigenvalue weighted by molar-refractivity contribution is -0.108. The van der Waals surface area contributed by atoms with E-state index in [9.17, 15) is 19.6 Å². The molecule has 0 radical (unpaired) electrons. The predicted octanol–water partition coefficient (Wildman–Crippen LogP) is 6.20. The largest absolute Gasteiger partial charge is 0.496 e. The first-order valence-corrected chi connectivity index (χ1v) is 13.9. The number of anilines is 1. The average Bonchev–Trinajstić information content (AvgIpc) is 3.49. The minimum Gasteiger partial charge on any atom is -0.496 e. The summed E-state index contributed by atoms with van der Waals surface area (Å²) in [6, 6.07) is 8.79. The molecule has 3 aromatic rings. The van der Waals surface area contributed by atoms with E-state index in [2.05, 4.69) is 6.07 Å². The van der Waals surface area contributed by atoms with Crippen LogP contribution in [0.5, 0.6) is 5.75 Å². The van der Waals surface area contributed by atoms with Gasteiger partial charge in [-0.25, -0.2) is 19.1 Å². The Morgan fingerprint density at radius 1 is 1.05 bits per heavy atom. The van der Waals surface area contributed by atoms with E-state index in [0.717, 1.165) is 17.4 Å². The number of benzene rings is 2. The Morgan fingerprint density at radius 3 is 2.26 bits per heavy atom. The van der Waals surface area contributed by atoms with Crippen molar-refractivity contribution < 1.29 is 28.6 Å². The van der Waals surface area contributed by atoms with Crippen molar-refractivity contribution in [3.63, 3.8) is 0 Å². The molecule has 0 saturated carbocycles. The number of methoxy groups -OCH3 is 1. The molecule has 2 aromatic carbocycles. The van der Waals surface area contributed by atoms with Crippen molar-refractivity contribution in [2.24, 2.45) is 0 Å². The van der Waals surface area contributed by atoms with E-state index >= 15 is 0 Å². The Bertz CT molecular complexity index is 1620. The molecular weight excluding hydrogens is 536 g/mol. The van der Waals surface area contributed by atoms with Crippen LogP contribution in [0.3, 0.4) is 0 Å². The number of nitriles is 1. The van der Waals surface area contributed by atoms with Crippen LogP contribution in [0.2, 0.25) is 0 Å². The van der Waals surface area contributed by atoms with Gasteiger partial charge in [0.2, 0.25) is 0 Å². The summed E-state index contributed by atoms with van der Waals surface area (Å²) in [6.45, 7) is 14.8. The van der Waals surface area contributed by atoms with Gasteiger partial charge in [0, 0.05) is 18.5 Å². The lowest BCUT2D eigenvalue weighted by Gasteiger charge is -2.33. The molecule has 0 bridgehead atoms. The number of fused-ring (bicyclic) bond motifs is 2. The van der Waals surface area contributed by atoms with Gasteiger partial charge in [-0.05, 0) is 97.2 Å². The van der Waals surface area contributed by atoms with Crippen molar-refractivity contribution in [2.75, 3.05) is 18.6 Å². The maximum atomic E-state index is 13.8. The van der Waals surface area contributed by atoms with Crippen molar-refractivity contribution in [2.45, 2.75) is 84.8 Å². The maximum Gasteiger partial charge on any atom is 0.420 e. The second-order valence-corrected chi connectivity index (χ2v) is 12.7. The van der Waals surface area contributed by atoms with Crippen molar-refractivity contribution in [3.05, 3.63) is 52.3 Å². The standard InChI is InChI=1S/C32H38N4O6/c1-19-16-24(40-9)25(21-12-14-35(26(19)21)28(38)41-30(2,3)4)32(8,13-15-37)27-34-22-17-20(18-33)10-11-23(22)36(27)29(39)42-31(5,6)7/h10-11,15-17H,12-14H2,1-9H3. The smallest absolute Gasteiger partial charge is 0.420 e. The van der Waals surface area contributed by atoms with Crippen LogP contribution < -0.4 is 9.64 Å². The number of carbonyl (C=O) groups is 3. The zero-order chi connectivity index (χ0) is 31.2. The Kier molecular flexibility index (Phi) is 7.85. The molecule has 10 nitrogen and oxygen atoms in total. The number of ether oxygens (including phenoxy) is 3. The van der Waals surface area contributed by atoms with Crippen LogP contribution in [-0.2, 0) is 26.1 Å². The minimum atomic E-state index is -1.20. The summed E-state index contributed by atoms with van der Waals surface area (Å²) in [4.78, 5) is 45.8. The van der Waals surface area contributed by atoms with Crippen LogP contribution in [0.25, 0.3) is 11.0 Å². The Balaban J connectivity index is 2.04. The van der Waals surface area contributed by atoms with Crippen LogP contribution >= 0.6 is 0 Å². The highest BCUT2D eigenvalue weighted by Gasteiger charge is 2.44. The summed E-state index contributed by atoms with van der Waals surface area (Å²) in [5, 5.41) is 9.52. The number of rotatable bonds is 5. The lowest BCUT2D eigenvalue weighted by Crippen LogP contribution is -2.36. The number of amides is 1. The van der Waals surface area contributed by atoms with Gasteiger partial charge in [-0.15, -0.1) is 0 Å². The molecule has 1 aliphatic heterocycles. The molecule has 2 heterocycles. The quantitative estimate of drug-likeness (QED) is 0.330. The van der Waals surface area contributed by atoms with Gasteiger partial charge in [0.25, 0.3) is 0 Å². The van der Waals surface area contributed by atoms with Crippen molar-refractivity contribution in [1.82, 2.24) is 9.55 Å². The second-order valence-electron chi connectivity index (χ2n) is 12.7. The number of carbonyl (C=O) groups excluding carboxylic acids is 3. The molecule has 0 aliphatic carbocycles. The number of aryl methyl sites for hydroxylation is 1. The Morgan fingerprint density at radius 2 is 1.69 bits per heavy atom. The Hall–Kier alpha value is -4.39.